The van der Waals surface area contributed by atoms with Crippen LogP contribution in [0, 0.1) is 0 Å². The number of carbonyl (C=O) groups is 2. The number of esters is 2. The zero-order valence-electron chi connectivity index (χ0n) is 14.5. The summed E-state index contributed by atoms with van der Waals surface area (Å²) in [5.41, 5.74) is 0.766. The molecule has 0 bridgehead atoms. The van der Waals surface area contributed by atoms with Gasteiger partial charge in [-0.15, -0.1) is 0 Å². The first-order valence-corrected chi connectivity index (χ1v) is 7.37. The Balaban J connectivity index is -0.000000457. The molecular formula is C16H30O8. The molecule has 0 saturated carbocycles. The van der Waals surface area contributed by atoms with Gasteiger partial charge in [-0.25, -0.2) is 9.59 Å². The third kappa shape index (κ3) is 25.2. The number of ether oxygens (including phenoxy) is 2. The molecule has 8 heteroatoms. The second-order valence-electron chi connectivity index (χ2n) is 4.43. The molecule has 8 nitrogen and oxygen atoms in total. The summed E-state index contributed by atoms with van der Waals surface area (Å²) < 4.78 is 9.72. The lowest BCUT2D eigenvalue weighted by Gasteiger charge is -2.05. The fourth-order valence-corrected chi connectivity index (χ4v) is 0.780. The molecule has 0 aliphatic heterocycles. The third-order valence-electron chi connectivity index (χ3n) is 1.90. The first kappa shape index (κ1) is 27.1. The molecule has 0 aromatic rings. The van der Waals surface area contributed by atoms with Gasteiger partial charge in [0.25, 0.3) is 0 Å². The van der Waals surface area contributed by atoms with Crippen molar-refractivity contribution in [2.45, 2.75) is 26.7 Å². The van der Waals surface area contributed by atoms with Gasteiger partial charge in [0.1, 0.15) is 0 Å². The molecule has 24 heavy (non-hydrogen) atoms. The Morgan fingerprint density at radius 2 is 0.958 bits per heavy atom. The Morgan fingerprint density at radius 1 is 0.708 bits per heavy atom. The normalized spacial score (nSPS) is 8.75. The highest BCUT2D eigenvalue weighted by molar-refractivity contribution is 5.87. The number of aliphatic hydroxyl groups is 4. The van der Waals surface area contributed by atoms with E-state index in [1.807, 2.05) is 0 Å². The van der Waals surface area contributed by atoms with Crippen molar-refractivity contribution in [1.29, 1.82) is 0 Å². The van der Waals surface area contributed by atoms with Gasteiger partial charge in [-0.1, -0.05) is 13.2 Å². The van der Waals surface area contributed by atoms with Crippen LogP contribution in [0.3, 0.4) is 0 Å². The van der Waals surface area contributed by atoms with Crippen molar-refractivity contribution in [1.82, 2.24) is 0 Å². The quantitative estimate of drug-likeness (QED) is 0.258. The van der Waals surface area contributed by atoms with Crippen LogP contribution in [0.5, 0.6) is 0 Å². The average Bonchev–Trinajstić information content (AvgIpc) is 2.57. The highest BCUT2D eigenvalue weighted by Crippen LogP contribution is 1.98. The minimum absolute atomic E-state index is 0.125. The molecule has 142 valence electrons. The predicted octanol–water partition coefficient (Wildman–Crippen LogP) is -0.0528. The summed E-state index contributed by atoms with van der Waals surface area (Å²) in [6.07, 6.45) is 1.31. The van der Waals surface area contributed by atoms with Gasteiger partial charge in [0.15, 0.2) is 0 Å². The Morgan fingerprint density at radius 3 is 1.12 bits per heavy atom. The van der Waals surface area contributed by atoms with E-state index in [0.29, 0.717) is 37.2 Å². The molecule has 0 heterocycles. The highest BCUT2D eigenvalue weighted by Gasteiger charge is 2.04. The molecule has 0 spiro atoms. The number of carbonyl (C=O) groups excluding carboxylic acids is 2. The van der Waals surface area contributed by atoms with Crippen LogP contribution in [0.4, 0.5) is 0 Å². The standard InChI is InChI=1S/C12H18O4.2C2H6O2/c1-9(2)11(13)15-7-5-6-8-16-12(14)10(3)4;2*3-1-2-4/h1,3,5-8H2,2,4H3;2*3-4H,1-2H2. The Labute approximate surface area is 143 Å². The van der Waals surface area contributed by atoms with E-state index in [1.54, 1.807) is 13.8 Å². The van der Waals surface area contributed by atoms with Gasteiger partial charge in [-0.2, -0.15) is 0 Å². The molecule has 0 aliphatic carbocycles. The maximum Gasteiger partial charge on any atom is 0.333 e. The van der Waals surface area contributed by atoms with E-state index < -0.39 is 0 Å². The van der Waals surface area contributed by atoms with Crippen molar-refractivity contribution in [2.75, 3.05) is 39.6 Å². The molecule has 0 amide bonds. The lowest BCUT2D eigenvalue weighted by molar-refractivity contribution is -0.141. The monoisotopic (exact) mass is 350 g/mol. The van der Waals surface area contributed by atoms with Crippen molar-refractivity contribution in [3.8, 4) is 0 Å². The van der Waals surface area contributed by atoms with Gasteiger partial charge in [0.2, 0.25) is 0 Å². The Bertz CT molecular complexity index is 314. The molecule has 0 saturated heterocycles. The number of hydrogen-bond donors (Lipinski definition) is 4. The van der Waals surface area contributed by atoms with Crippen LogP contribution in [-0.4, -0.2) is 72.0 Å². The van der Waals surface area contributed by atoms with E-state index in [1.165, 1.54) is 0 Å². The number of unbranched alkanes of at least 4 members (excludes halogenated alkanes) is 1. The first-order chi connectivity index (χ1) is 11.3. The molecule has 4 N–H and O–H groups in total. The summed E-state index contributed by atoms with van der Waals surface area (Å²) in [4.78, 5) is 21.9. The van der Waals surface area contributed by atoms with Crippen molar-refractivity contribution in [3.05, 3.63) is 24.3 Å². The van der Waals surface area contributed by atoms with Crippen molar-refractivity contribution >= 4 is 11.9 Å². The smallest absolute Gasteiger partial charge is 0.333 e. The van der Waals surface area contributed by atoms with Gasteiger partial charge in [0, 0.05) is 11.1 Å². The van der Waals surface area contributed by atoms with Crippen LogP contribution in [0.2, 0.25) is 0 Å². The van der Waals surface area contributed by atoms with E-state index in [0.717, 1.165) is 0 Å². The molecular weight excluding hydrogens is 320 g/mol. The molecule has 0 aromatic carbocycles. The number of rotatable bonds is 9. The van der Waals surface area contributed by atoms with E-state index in [2.05, 4.69) is 13.2 Å². The maximum atomic E-state index is 11.0. The van der Waals surface area contributed by atoms with E-state index in [4.69, 9.17) is 29.9 Å². The summed E-state index contributed by atoms with van der Waals surface area (Å²) in [6.45, 7) is 10.2. The largest absolute Gasteiger partial charge is 0.462 e. The fraction of sp³-hybridized carbons (Fsp3) is 0.625. The van der Waals surface area contributed by atoms with Gasteiger partial charge >= 0.3 is 11.9 Å². The zero-order chi connectivity index (χ0) is 19.4. The highest BCUT2D eigenvalue weighted by atomic mass is 16.5. The summed E-state index contributed by atoms with van der Waals surface area (Å²) in [5.74, 6) is -0.780. The molecule has 0 fully saturated rings. The Hall–Kier alpha value is -1.74. The van der Waals surface area contributed by atoms with Crippen LogP contribution in [0.15, 0.2) is 24.3 Å². The van der Waals surface area contributed by atoms with E-state index >= 15 is 0 Å². The zero-order valence-corrected chi connectivity index (χ0v) is 14.5. The molecule has 0 radical (unpaired) electrons. The van der Waals surface area contributed by atoms with Crippen LogP contribution < -0.4 is 0 Å². The maximum absolute atomic E-state index is 11.0. The fourth-order valence-electron chi connectivity index (χ4n) is 0.780. The van der Waals surface area contributed by atoms with Crippen LogP contribution in [-0.2, 0) is 19.1 Å². The molecule has 0 aliphatic rings. The minimum Gasteiger partial charge on any atom is -0.462 e. The summed E-state index contributed by atoms with van der Waals surface area (Å²) in [6, 6.07) is 0. The van der Waals surface area contributed by atoms with Gasteiger partial charge in [-0.3, -0.25) is 0 Å². The molecule has 0 aromatic heterocycles. The Kier molecular flexibility index (Phi) is 24.0. The molecule has 0 unspecified atom stereocenters. The van der Waals surface area contributed by atoms with Gasteiger partial charge in [0.05, 0.1) is 39.6 Å². The first-order valence-electron chi connectivity index (χ1n) is 7.37. The second-order valence-corrected chi connectivity index (χ2v) is 4.43. The van der Waals surface area contributed by atoms with Crippen molar-refractivity contribution in [3.63, 3.8) is 0 Å². The average molecular weight is 350 g/mol. The summed E-state index contributed by atoms with van der Waals surface area (Å²) in [5, 5.41) is 30.5. The summed E-state index contributed by atoms with van der Waals surface area (Å²) >= 11 is 0. The third-order valence-corrected chi connectivity index (χ3v) is 1.90. The van der Waals surface area contributed by atoms with Crippen LogP contribution >= 0.6 is 0 Å². The van der Waals surface area contributed by atoms with Crippen LogP contribution in [0.1, 0.15) is 26.7 Å². The lowest BCUT2D eigenvalue weighted by Crippen LogP contribution is -2.09. The van der Waals surface area contributed by atoms with Crippen molar-refractivity contribution in [2.24, 2.45) is 0 Å². The predicted molar refractivity (Wildman–Crippen MR) is 89.1 cm³/mol. The van der Waals surface area contributed by atoms with Crippen molar-refractivity contribution < 1.29 is 39.5 Å². The number of aliphatic hydroxyl groups excluding tert-OH is 4. The van der Waals surface area contributed by atoms with Crippen LogP contribution in [0.25, 0.3) is 0 Å². The minimum atomic E-state index is -0.390. The van der Waals surface area contributed by atoms with Gasteiger partial charge < -0.3 is 29.9 Å². The second kappa shape index (κ2) is 21.3. The SMILES string of the molecule is C=C(C)C(=O)OCCCCOC(=O)C(=C)C.OCCO.OCCO. The lowest BCUT2D eigenvalue weighted by atomic mass is 10.3. The molecule has 0 atom stereocenters. The number of hydrogen-bond acceptors (Lipinski definition) is 8. The summed E-state index contributed by atoms with van der Waals surface area (Å²) in [7, 11) is 0. The van der Waals surface area contributed by atoms with E-state index in [9.17, 15) is 9.59 Å². The van der Waals surface area contributed by atoms with E-state index in [-0.39, 0.29) is 38.4 Å². The van der Waals surface area contributed by atoms with Gasteiger partial charge in [-0.05, 0) is 26.7 Å². The molecule has 0 rings (SSSR count). The topological polar surface area (TPSA) is 134 Å².